The average molecular weight is 371 g/mol. The first-order chi connectivity index (χ1) is 13.1. The Hall–Kier alpha value is -2.08. The molecule has 0 bridgehead atoms. The zero-order valence-electron chi connectivity index (χ0n) is 16.0. The Labute approximate surface area is 160 Å². The van der Waals surface area contributed by atoms with Crippen LogP contribution < -0.4 is 10.1 Å². The molecule has 3 heterocycles. The van der Waals surface area contributed by atoms with Crippen molar-refractivity contribution in [3.05, 3.63) is 29.8 Å². The Morgan fingerprint density at radius 2 is 1.81 bits per heavy atom. The van der Waals surface area contributed by atoms with Crippen LogP contribution in [0.3, 0.4) is 0 Å². The van der Waals surface area contributed by atoms with Crippen LogP contribution in [0.2, 0.25) is 0 Å². The molecule has 3 atom stereocenters. The van der Waals surface area contributed by atoms with Gasteiger partial charge in [0.25, 0.3) is 0 Å². The number of carbonyl (C=O) groups excluding carboxylic acids is 2. The van der Waals surface area contributed by atoms with E-state index < -0.39 is 0 Å². The van der Waals surface area contributed by atoms with E-state index in [1.165, 1.54) is 0 Å². The summed E-state index contributed by atoms with van der Waals surface area (Å²) in [6.07, 6.45) is 2.51. The van der Waals surface area contributed by atoms with Gasteiger partial charge in [-0.3, -0.25) is 9.59 Å². The molecule has 6 nitrogen and oxygen atoms in total. The van der Waals surface area contributed by atoms with Gasteiger partial charge in [-0.05, 0) is 55.5 Å². The summed E-state index contributed by atoms with van der Waals surface area (Å²) in [5, 5.41) is 3.47. The largest absolute Gasteiger partial charge is 0.497 e. The van der Waals surface area contributed by atoms with Crippen molar-refractivity contribution < 1.29 is 14.3 Å². The number of hydrogen-bond acceptors (Lipinski definition) is 4. The fourth-order valence-electron chi connectivity index (χ4n) is 4.74. The molecule has 0 saturated carbocycles. The standard InChI is InChI=1S/C21H29N3O3/c1-27-19-4-2-15(3-5-19)13-24-14-18(10-20(24)25)21(26)23-8-6-16-11-22-12-17(16)7-9-23/h2-5,16-18,22H,6-14H2,1H3/t16-,17+,18?. The Bertz CT molecular complexity index is 676. The van der Waals surface area contributed by atoms with E-state index in [2.05, 4.69) is 5.32 Å². The highest BCUT2D eigenvalue weighted by atomic mass is 16.5. The molecule has 6 heteroatoms. The van der Waals surface area contributed by atoms with E-state index in [1.807, 2.05) is 34.1 Å². The molecule has 0 spiro atoms. The maximum Gasteiger partial charge on any atom is 0.227 e. The number of benzene rings is 1. The average Bonchev–Trinajstić information content (AvgIpc) is 3.23. The highest BCUT2D eigenvalue weighted by Gasteiger charge is 2.38. The van der Waals surface area contributed by atoms with Gasteiger partial charge < -0.3 is 19.9 Å². The number of likely N-dealkylation sites (tertiary alicyclic amines) is 2. The van der Waals surface area contributed by atoms with Crippen LogP contribution in [0.15, 0.2) is 24.3 Å². The summed E-state index contributed by atoms with van der Waals surface area (Å²) >= 11 is 0. The van der Waals surface area contributed by atoms with Crippen LogP contribution >= 0.6 is 0 Å². The maximum atomic E-state index is 13.0. The van der Waals surface area contributed by atoms with Gasteiger partial charge in [-0.15, -0.1) is 0 Å². The fourth-order valence-corrected chi connectivity index (χ4v) is 4.74. The fraction of sp³-hybridized carbons (Fsp3) is 0.619. The van der Waals surface area contributed by atoms with Gasteiger partial charge in [-0.1, -0.05) is 12.1 Å². The molecule has 0 radical (unpaired) electrons. The third-order valence-electron chi connectivity index (χ3n) is 6.43. The van der Waals surface area contributed by atoms with Gasteiger partial charge in [0.05, 0.1) is 13.0 Å². The highest BCUT2D eigenvalue weighted by molar-refractivity contribution is 5.89. The molecular weight excluding hydrogens is 342 g/mol. The Kier molecular flexibility index (Phi) is 5.34. The predicted molar refractivity (Wildman–Crippen MR) is 102 cm³/mol. The second-order valence-electron chi connectivity index (χ2n) is 8.10. The molecule has 3 fully saturated rings. The molecule has 27 heavy (non-hydrogen) atoms. The lowest BCUT2D eigenvalue weighted by atomic mass is 9.92. The van der Waals surface area contributed by atoms with Crippen molar-refractivity contribution in [2.75, 3.05) is 39.8 Å². The molecule has 0 aliphatic carbocycles. The Morgan fingerprint density at radius 1 is 1.15 bits per heavy atom. The second-order valence-corrected chi connectivity index (χ2v) is 8.10. The first-order valence-corrected chi connectivity index (χ1v) is 10.0. The van der Waals surface area contributed by atoms with E-state index in [0.717, 1.165) is 50.3 Å². The molecule has 3 aliphatic rings. The van der Waals surface area contributed by atoms with Gasteiger partial charge in [0.1, 0.15) is 5.75 Å². The zero-order valence-corrected chi connectivity index (χ0v) is 16.0. The summed E-state index contributed by atoms with van der Waals surface area (Å²) in [6, 6.07) is 7.76. The van der Waals surface area contributed by atoms with Gasteiger partial charge in [-0.25, -0.2) is 0 Å². The van der Waals surface area contributed by atoms with Crippen molar-refractivity contribution in [2.45, 2.75) is 25.8 Å². The number of nitrogens with one attached hydrogen (secondary N) is 1. The topological polar surface area (TPSA) is 61.9 Å². The van der Waals surface area contributed by atoms with E-state index in [1.54, 1.807) is 7.11 Å². The lowest BCUT2D eigenvalue weighted by Gasteiger charge is -2.24. The molecule has 146 valence electrons. The van der Waals surface area contributed by atoms with Crippen molar-refractivity contribution in [2.24, 2.45) is 17.8 Å². The van der Waals surface area contributed by atoms with Crippen LogP contribution in [0.4, 0.5) is 0 Å². The number of carbonyl (C=O) groups is 2. The van der Waals surface area contributed by atoms with E-state index in [0.29, 0.717) is 31.3 Å². The number of nitrogens with zero attached hydrogens (tertiary/aromatic N) is 2. The number of amides is 2. The van der Waals surface area contributed by atoms with Gasteiger partial charge in [0.2, 0.25) is 11.8 Å². The molecule has 3 saturated heterocycles. The van der Waals surface area contributed by atoms with Gasteiger partial charge in [0, 0.05) is 32.6 Å². The molecule has 1 N–H and O–H groups in total. The summed E-state index contributed by atoms with van der Waals surface area (Å²) < 4.78 is 5.18. The number of rotatable bonds is 4. The summed E-state index contributed by atoms with van der Waals surface area (Å²) in [6.45, 7) is 4.95. The molecule has 3 aliphatic heterocycles. The molecular formula is C21H29N3O3. The summed E-state index contributed by atoms with van der Waals surface area (Å²) in [5.41, 5.74) is 1.06. The number of methoxy groups -OCH3 is 1. The van der Waals surface area contributed by atoms with Gasteiger partial charge >= 0.3 is 0 Å². The monoisotopic (exact) mass is 371 g/mol. The maximum absolute atomic E-state index is 13.0. The minimum Gasteiger partial charge on any atom is -0.497 e. The van der Waals surface area contributed by atoms with Gasteiger partial charge in [0.15, 0.2) is 0 Å². The SMILES string of the molecule is COc1ccc(CN2CC(C(=O)N3CC[C@@H]4CNC[C@@H]4CC3)CC2=O)cc1. The van der Waals surface area contributed by atoms with Crippen molar-refractivity contribution in [3.8, 4) is 5.75 Å². The first kappa shape index (κ1) is 18.3. The number of hydrogen-bond donors (Lipinski definition) is 1. The number of fused-ring (bicyclic) bond motifs is 1. The summed E-state index contributed by atoms with van der Waals surface area (Å²) in [7, 11) is 1.64. The summed E-state index contributed by atoms with van der Waals surface area (Å²) in [5.74, 6) is 2.29. The van der Waals surface area contributed by atoms with Crippen molar-refractivity contribution in [3.63, 3.8) is 0 Å². The Morgan fingerprint density at radius 3 is 2.44 bits per heavy atom. The van der Waals surface area contributed by atoms with Crippen LogP contribution in [0.5, 0.6) is 5.75 Å². The van der Waals surface area contributed by atoms with E-state index in [9.17, 15) is 9.59 Å². The van der Waals surface area contributed by atoms with Crippen molar-refractivity contribution in [1.29, 1.82) is 0 Å². The highest BCUT2D eigenvalue weighted by Crippen LogP contribution is 2.29. The normalized spacial score (nSPS) is 28.2. The van der Waals surface area contributed by atoms with Crippen LogP contribution in [-0.4, -0.2) is 61.4 Å². The zero-order chi connectivity index (χ0) is 18.8. The van der Waals surface area contributed by atoms with E-state index in [4.69, 9.17) is 4.74 Å². The number of ether oxygens (including phenoxy) is 1. The second kappa shape index (κ2) is 7.89. The third-order valence-corrected chi connectivity index (χ3v) is 6.43. The van der Waals surface area contributed by atoms with Crippen molar-refractivity contribution >= 4 is 11.8 Å². The third kappa shape index (κ3) is 3.95. The van der Waals surface area contributed by atoms with E-state index >= 15 is 0 Å². The molecule has 0 aromatic heterocycles. The lowest BCUT2D eigenvalue weighted by Crippen LogP contribution is -2.38. The Balaban J connectivity index is 1.34. The predicted octanol–water partition coefficient (Wildman–Crippen LogP) is 1.50. The first-order valence-electron chi connectivity index (χ1n) is 10.0. The lowest BCUT2D eigenvalue weighted by molar-refractivity contribution is -0.135. The van der Waals surface area contributed by atoms with E-state index in [-0.39, 0.29) is 17.7 Å². The van der Waals surface area contributed by atoms with Crippen molar-refractivity contribution in [1.82, 2.24) is 15.1 Å². The molecule has 1 aromatic rings. The summed E-state index contributed by atoms with van der Waals surface area (Å²) in [4.78, 5) is 29.3. The van der Waals surface area contributed by atoms with Crippen LogP contribution in [0.25, 0.3) is 0 Å². The van der Waals surface area contributed by atoms with Crippen LogP contribution in [-0.2, 0) is 16.1 Å². The quantitative estimate of drug-likeness (QED) is 0.871. The molecule has 1 aromatic carbocycles. The van der Waals surface area contributed by atoms with Gasteiger partial charge in [-0.2, -0.15) is 0 Å². The molecule has 4 rings (SSSR count). The molecule has 2 amide bonds. The van der Waals surface area contributed by atoms with Crippen LogP contribution in [0.1, 0.15) is 24.8 Å². The minimum absolute atomic E-state index is 0.0834. The smallest absolute Gasteiger partial charge is 0.227 e. The molecule has 1 unspecified atom stereocenters. The minimum atomic E-state index is -0.188. The van der Waals surface area contributed by atoms with Crippen LogP contribution in [0, 0.1) is 17.8 Å².